The van der Waals surface area contributed by atoms with Crippen LogP contribution < -0.4 is 14.8 Å². The van der Waals surface area contributed by atoms with E-state index in [1.165, 1.54) is 4.31 Å². The molecule has 0 fully saturated rings. The first-order valence-corrected chi connectivity index (χ1v) is 10.9. The highest BCUT2D eigenvalue weighted by Gasteiger charge is 2.22. The standard InChI is InChI=1S/C21H26N2O5S/c1-15(2)23(3)29(25,26)18-8-4-17(5-9-18)13-22-21(24)11-7-16-6-10-19-20(12-16)28-14-27-19/h4-6,8-10,12,15H,7,11,13-14H2,1-3H3,(H,22,24). The van der Waals surface area contributed by atoms with Crippen LogP contribution in [0.1, 0.15) is 31.4 Å². The number of carbonyl (C=O) groups is 1. The summed E-state index contributed by atoms with van der Waals surface area (Å²) < 4.78 is 36.9. The van der Waals surface area contributed by atoms with Crippen molar-refractivity contribution in [1.29, 1.82) is 0 Å². The molecule has 0 saturated heterocycles. The summed E-state index contributed by atoms with van der Waals surface area (Å²) in [7, 11) is -1.94. The van der Waals surface area contributed by atoms with Gasteiger partial charge in [-0.25, -0.2) is 8.42 Å². The summed E-state index contributed by atoms with van der Waals surface area (Å²) in [6, 6.07) is 12.1. The number of ether oxygens (including phenoxy) is 2. The molecule has 0 atom stereocenters. The second-order valence-electron chi connectivity index (χ2n) is 7.22. The number of benzene rings is 2. The molecule has 1 aliphatic heterocycles. The van der Waals surface area contributed by atoms with Crippen LogP contribution in [0.4, 0.5) is 0 Å². The van der Waals surface area contributed by atoms with E-state index in [1.54, 1.807) is 31.3 Å². The van der Waals surface area contributed by atoms with E-state index in [9.17, 15) is 13.2 Å². The molecule has 0 aromatic heterocycles. The Kier molecular flexibility index (Phi) is 6.44. The van der Waals surface area contributed by atoms with E-state index in [0.717, 1.165) is 16.9 Å². The SMILES string of the molecule is CC(C)N(C)S(=O)(=O)c1ccc(CNC(=O)CCc2ccc3c(c2)OCO3)cc1. The van der Waals surface area contributed by atoms with Gasteiger partial charge in [0.05, 0.1) is 4.90 Å². The smallest absolute Gasteiger partial charge is 0.243 e. The van der Waals surface area contributed by atoms with Crippen LogP contribution in [0.25, 0.3) is 0 Å². The lowest BCUT2D eigenvalue weighted by atomic mass is 10.1. The van der Waals surface area contributed by atoms with Crippen molar-refractivity contribution in [3.05, 3.63) is 53.6 Å². The number of amides is 1. The molecule has 0 saturated carbocycles. The van der Waals surface area contributed by atoms with Crippen LogP contribution in [0, 0.1) is 0 Å². The first-order chi connectivity index (χ1) is 13.8. The van der Waals surface area contributed by atoms with Gasteiger partial charge in [0.25, 0.3) is 0 Å². The van der Waals surface area contributed by atoms with Crippen molar-refractivity contribution in [3.63, 3.8) is 0 Å². The Morgan fingerprint density at radius 2 is 1.72 bits per heavy atom. The fourth-order valence-electron chi connectivity index (χ4n) is 2.87. The van der Waals surface area contributed by atoms with Crippen molar-refractivity contribution in [2.24, 2.45) is 0 Å². The molecule has 156 valence electrons. The molecule has 0 radical (unpaired) electrons. The summed E-state index contributed by atoms with van der Waals surface area (Å²) in [6.07, 6.45) is 0.951. The lowest BCUT2D eigenvalue weighted by Crippen LogP contribution is -2.33. The zero-order valence-corrected chi connectivity index (χ0v) is 17.7. The average Bonchev–Trinajstić information content (AvgIpc) is 3.18. The van der Waals surface area contributed by atoms with Gasteiger partial charge < -0.3 is 14.8 Å². The predicted molar refractivity (Wildman–Crippen MR) is 109 cm³/mol. The quantitative estimate of drug-likeness (QED) is 0.713. The van der Waals surface area contributed by atoms with E-state index in [0.29, 0.717) is 25.1 Å². The number of aryl methyl sites for hydroxylation is 1. The molecular formula is C21H26N2O5S. The first-order valence-electron chi connectivity index (χ1n) is 9.49. The van der Waals surface area contributed by atoms with Gasteiger partial charge in [-0.05, 0) is 55.7 Å². The zero-order chi connectivity index (χ0) is 21.0. The van der Waals surface area contributed by atoms with Gasteiger partial charge in [-0.3, -0.25) is 4.79 Å². The molecule has 8 heteroatoms. The number of hydrogen-bond donors (Lipinski definition) is 1. The summed E-state index contributed by atoms with van der Waals surface area (Å²) in [5.41, 5.74) is 1.85. The van der Waals surface area contributed by atoms with Gasteiger partial charge in [0.2, 0.25) is 22.7 Å². The van der Waals surface area contributed by atoms with Crippen LogP contribution in [-0.4, -0.2) is 38.5 Å². The van der Waals surface area contributed by atoms with E-state index < -0.39 is 10.0 Å². The Balaban J connectivity index is 1.50. The van der Waals surface area contributed by atoms with Gasteiger partial charge in [0.1, 0.15) is 0 Å². The second kappa shape index (κ2) is 8.84. The van der Waals surface area contributed by atoms with Crippen LogP contribution in [0.2, 0.25) is 0 Å². The van der Waals surface area contributed by atoms with Gasteiger partial charge in [-0.15, -0.1) is 0 Å². The van der Waals surface area contributed by atoms with E-state index >= 15 is 0 Å². The molecule has 0 spiro atoms. The molecule has 1 amide bonds. The normalized spacial score (nSPS) is 13.1. The highest BCUT2D eigenvalue weighted by molar-refractivity contribution is 7.89. The number of rotatable bonds is 8. The predicted octanol–water partition coefficient (Wildman–Crippen LogP) is 2.69. The van der Waals surface area contributed by atoms with E-state index in [4.69, 9.17) is 9.47 Å². The van der Waals surface area contributed by atoms with Crippen LogP contribution in [0.15, 0.2) is 47.4 Å². The topological polar surface area (TPSA) is 84.9 Å². The first kappa shape index (κ1) is 21.1. The maximum absolute atomic E-state index is 12.5. The van der Waals surface area contributed by atoms with Gasteiger partial charge in [0, 0.05) is 26.1 Å². The Morgan fingerprint density at radius 1 is 1.07 bits per heavy atom. The van der Waals surface area contributed by atoms with Crippen molar-refractivity contribution in [2.45, 2.75) is 44.2 Å². The van der Waals surface area contributed by atoms with Gasteiger partial charge in [-0.1, -0.05) is 18.2 Å². The minimum atomic E-state index is -3.50. The van der Waals surface area contributed by atoms with Gasteiger partial charge in [0.15, 0.2) is 11.5 Å². The summed E-state index contributed by atoms with van der Waals surface area (Å²) in [5, 5.41) is 2.87. The lowest BCUT2D eigenvalue weighted by Gasteiger charge is -2.21. The summed E-state index contributed by atoms with van der Waals surface area (Å²) >= 11 is 0. The van der Waals surface area contributed by atoms with Crippen molar-refractivity contribution in [2.75, 3.05) is 13.8 Å². The molecular weight excluding hydrogens is 392 g/mol. The Morgan fingerprint density at radius 3 is 2.41 bits per heavy atom. The lowest BCUT2D eigenvalue weighted by molar-refractivity contribution is -0.121. The third-order valence-electron chi connectivity index (χ3n) is 4.89. The van der Waals surface area contributed by atoms with E-state index in [2.05, 4.69) is 5.32 Å². The number of nitrogens with zero attached hydrogens (tertiary/aromatic N) is 1. The maximum Gasteiger partial charge on any atom is 0.243 e. The van der Waals surface area contributed by atoms with Gasteiger partial charge >= 0.3 is 0 Å². The molecule has 2 aromatic carbocycles. The van der Waals surface area contributed by atoms with Crippen LogP contribution in [0.5, 0.6) is 11.5 Å². The van der Waals surface area contributed by atoms with Crippen LogP contribution in [0.3, 0.4) is 0 Å². The summed E-state index contributed by atoms with van der Waals surface area (Å²) in [4.78, 5) is 12.4. The Labute approximate surface area is 171 Å². The van der Waals surface area contributed by atoms with Crippen molar-refractivity contribution < 1.29 is 22.7 Å². The minimum absolute atomic E-state index is 0.0705. The molecule has 0 bridgehead atoms. The Bertz CT molecular complexity index is 971. The zero-order valence-electron chi connectivity index (χ0n) is 16.8. The van der Waals surface area contributed by atoms with E-state index in [1.807, 2.05) is 32.0 Å². The molecule has 0 unspecified atom stereocenters. The maximum atomic E-state index is 12.5. The molecule has 2 aromatic rings. The van der Waals surface area contributed by atoms with Crippen molar-refractivity contribution in [3.8, 4) is 11.5 Å². The fraction of sp³-hybridized carbons (Fsp3) is 0.381. The molecule has 3 rings (SSSR count). The van der Waals surface area contributed by atoms with Crippen LogP contribution >= 0.6 is 0 Å². The monoisotopic (exact) mass is 418 g/mol. The number of hydrogen-bond acceptors (Lipinski definition) is 5. The van der Waals surface area contributed by atoms with E-state index in [-0.39, 0.29) is 23.6 Å². The van der Waals surface area contributed by atoms with Crippen molar-refractivity contribution in [1.82, 2.24) is 9.62 Å². The largest absolute Gasteiger partial charge is 0.454 e. The Hall–Kier alpha value is -2.58. The molecule has 1 N–H and O–H groups in total. The highest BCUT2D eigenvalue weighted by atomic mass is 32.2. The minimum Gasteiger partial charge on any atom is -0.454 e. The number of nitrogens with one attached hydrogen (secondary N) is 1. The molecule has 1 heterocycles. The fourth-order valence-corrected chi connectivity index (χ4v) is 4.23. The molecule has 1 aliphatic rings. The number of carbonyl (C=O) groups excluding carboxylic acids is 1. The third kappa shape index (κ3) is 5.07. The molecule has 29 heavy (non-hydrogen) atoms. The number of fused-ring (bicyclic) bond motifs is 1. The molecule has 0 aliphatic carbocycles. The number of sulfonamides is 1. The molecule has 7 nitrogen and oxygen atoms in total. The average molecular weight is 419 g/mol. The van der Waals surface area contributed by atoms with Crippen molar-refractivity contribution >= 4 is 15.9 Å². The summed E-state index contributed by atoms with van der Waals surface area (Å²) in [6.45, 7) is 4.23. The third-order valence-corrected chi connectivity index (χ3v) is 6.94. The summed E-state index contributed by atoms with van der Waals surface area (Å²) in [5.74, 6) is 1.36. The second-order valence-corrected chi connectivity index (χ2v) is 9.22. The highest BCUT2D eigenvalue weighted by Crippen LogP contribution is 2.32. The van der Waals surface area contributed by atoms with Crippen LogP contribution in [-0.2, 0) is 27.8 Å². The van der Waals surface area contributed by atoms with Gasteiger partial charge in [-0.2, -0.15) is 4.31 Å².